The fourth-order valence-corrected chi connectivity index (χ4v) is 4.20. The second-order valence-electron chi connectivity index (χ2n) is 5.48. The first-order valence-electron chi connectivity index (χ1n) is 6.95. The van der Waals surface area contributed by atoms with Crippen molar-refractivity contribution in [2.24, 2.45) is 0 Å². The van der Waals surface area contributed by atoms with E-state index in [0.717, 1.165) is 21.6 Å². The molecule has 0 aliphatic carbocycles. The van der Waals surface area contributed by atoms with Crippen LogP contribution in [0.25, 0.3) is 0 Å². The number of nitrogens with zero attached hydrogens (tertiary/aromatic N) is 1. The zero-order chi connectivity index (χ0) is 16.4. The second kappa shape index (κ2) is 6.89. The number of halogens is 1. The summed E-state index contributed by atoms with van der Waals surface area (Å²) in [4.78, 5) is 30.4. The van der Waals surface area contributed by atoms with Gasteiger partial charge < -0.3 is 4.98 Å². The molecule has 2 aromatic heterocycles. The molecule has 0 radical (unpaired) electrons. The summed E-state index contributed by atoms with van der Waals surface area (Å²) in [5.41, 5.74) is 2.69. The number of Topliss-reactive ketones (excluding diaryl/α,β-unsaturated/α-hetero) is 2. The highest BCUT2D eigenvalue weighted by molar-refractivity contribution is 9.11. The molecule has 6 heteroatoms. The van der Waals surface area contributed by atoms with Crippen LogP contribution >= 0.6 is 27.3 Å². The molecule has 0 spiro atoms. The molecule has 2 rings (SSSR count). The molecule has 0 unspecified atom stereocenters. The normalized spacial score (nSPS) is 11.2. The molecule has 0 amide bonds. The van der Waals surface area contributed by atoms with Gasteiger partial charge in [0.1, 0.15) is 0 Å². The van der Waals surface area contributed by atoms with E-state index in [4.69, 9.17) is 0 Å². The molecule has 0 atom stereocenters. The number of ketones is 2. The average Bonchev–Trinajstić information content (AvgIpc) is 2.92. The zero-order valence-electron chi connectivity index (χ0n) is 13.1. The fraction of sp³-hybridized carbons (Fsp3) is 0.375. The van der Waals surface area contributed by atoms with Crippen molar-refractivity contribution in [3.05, 3.63) is 43.3 Å². The van der Waals surface area contributed by atoms with Gasteiger partial charge in [-0.1, -0.05) is 0 Å². The zero-order valence-corrected chi connectivity index (χ0v) is 15.5. The maximum Gasteiger partial charge on any atom is 0.193 e. The monoisotopic (exact) mass is 382 g/mol. The predicted molar refractivity (Wildman–Crippen MR) is 93.0 cm³/mol. The Balaban J connectivity index is 2.09. The van der Waals surface area contributed by atoms with E-state index in [1.54, 1.807) is 11.3 Å². The largest absolute Gasteiger partial charge is 0.355 e. The highest BCUT2D eigenvalue weighted by Crippen LogP contribution is 2.23. The maximum atomic E-state index is 12.5. The summed E-state index contributed by atoms with van der Waals surface area (Å²) in [6.07, 6.45) is 0. The Labute approximate surface area is 142 Å². The number of likely N-dealkylation sites (N-methyl/N-ethyl adjacent to an activating group) is 1. The van der Waals surface area contributed by atoms with E-state index < -0.39 is 0 Å². The molecule has 0 saturated carbocycles. The minimum Gasteiger partial charge on any atom is -0.355 e. The van der Waals surface area contributed by atoms with Crippen LogP contribution in [0.15, 0.2) is 15.9 Å². The van der Waals surface area contributed by atoms with Gasteiger partial charge in [-0.3, -0.25) is 14.5 Å². The number of rotatable bonds is 6. The van der Waals surface area contributed by atoms with Crippen LogP contribution < -0.4 is 0 Å². The van der Waals surface area contributed by atoms with Gasteiger partial charge in [-0.15, -0.1) is 11.3 Å². The Kier molecular flexibility index (Phi) is 5.36. The minimum absolute atomic E-state index is 0.00576. The highest BCUT2D eigenvalue weighted by Gasteiger charge is 2.20. The van der Waals surface area contributed by atoms with Crippen LogP contribution in [0, 0.1) is 13.8 Å². The van der Waals surface area contributed by atoms with Crippen LogP contribution in [0.2, 0.25) is 0 Å². The molecular weight excluding hydrogens is 364 g/mol. The van der Waals surface area contributed by atoms with Crippen LogP contribution in [0.1, 0.15) is 43.9 Å². The summed E-state index contributed by atoms with van der Waals surface area (Å²) in [6.45, 7) is 6.21. The molecule has 0 bridgehead atoms. The molecule has 2 heterocycles. The summed E-state index contributed by atoms with van der Waals surface area (Å²) >= 11 is 5.10. The van der Waals surface area contributed by atoms with E-state index in [0.29, 0.717) is 17.8 Å². The number of H-pyrrole nitrogens is 1. The lowest BCUT2D eigenvalue weighted by atomic mass is 10.1. The topological polar surface area (TPSA) is 53.2 Å². The number of carbonyl (C=O) groups excluding carboxylic acids is 2. The van der Waals surface area contributed by atoms with Crippen molar-refractivity contribution in [1.29, 1.82) is 0 Å². The fourth-order valence-electron chi connectivity index (χ4n) is 2.64. The summed E-state index contributed by atoms with van der Waals surface area (Å²) in [5, 5.41) is 0. The van der Waals surface area contributed by atoms with Crippen LogP contribution in [0.3, 0.4) is 0 Å². The lowest BCUT2D eigenvalue weighted by Gasteiger charge is -2.14. The van der Waals surface area contributed by atoms with Gasteiger partial charge in [0.15, 0.2) is 11.6 Å². The van der Waals surface area contributed by atoms with Gasteiger partial charge in [-0.2, -0.15) is 0 Å². The lowest BCUT2D eigenvalue weighted by Crippen LogP contribution is -2.26. The molecule has 1 N–H and O–H groups in total. The SMILES string of the molecule is CC(=O)c1c(C)[nH]c(C(=O)CN(C)Cc2ccc(Br)s2)c1C. The molecule has 22 heavy (non-hydrogen) atoms. The van der Waals surface area contributed by atoms with Crippen molar-refractivity contribution in [2.75, 3.05) is 13.6 Å². The molecule has 2 aromatic rings. The van der Waals surface area contributed by atoms with Gasteiger partial charge in [0, 0.05) is 22.7 Å². The van der Waals surface area contributed by atoms with Crippen molar-refractivity contribution in [2.45, 2.75) is 27.3 Å². The van der Waals surface area contributed by atoms with Gasteiger partial charge in [-0.25, -0.2) is 0 Å². The number of aromatic nitrogens is 1. The van der Waals surface area contributed by atoms with Crippen molar-refractivity contribution >= 4 is 38.8 Å². The molecule has 0 fully saturated rings. The number of nitrogens with one attached hydrogen (secondary N) is 1. The first-order chi connectivity index (χ1) is 10.3. The first-order valence-corrected chi connectivity index (χ1v) is 8.56. The van der Waals surface area contributed by atoms with Crippen molar-refractivity contribution in [3.63, 3.8) is 0 Å². The van der Waals surface area contributed by atoms with Crippen molar-refractivity contribution in [3.8, 4) is 0 Å². The summed E-state index contributed by atoms with van der Waals surface area (Å²) in [5.74, 6) is -0.00619. The van der Waals surface area contributed by atoms with Crippen molar-refractivity contribution < 1.29 is 9.59 Å². The summed E-state index contributed by atoms with van der Waals surface area (Å²) < 4.78 is 1.09. The minimum atomic E-state index is -0.0120. The smallest absolute Gasteiger partial charge is 0.193 e. The van der Waals surface area contributed by atoms with E-state index >= 15 is 0 Å². The number of hydrogen-bond acceptors (Lipinski definition) is 4. The number of hydrogen-bond donors (Lipinski definition) is 1. The Morgan fingerprint density at radius 1 is 1.32 bits per heavy atom. The third-order valence-corrected chi connectivity index (χ3v) is 5.14. The van der Waals surface area contributed by atoms with Gasteiger partial charge in [0.2, 0.25) is 0 Å². The van der Waals surface area contributed by atoms with Crippen LogP contribution in [0.4, 0.5) is 0 Å². The first kappa shape index (κ1) is 17.1. The Morgan fingerprint density at radius 3 is 2.50 bits per heavy atom. The maximum absolute atomic E-state index is 12.5. The molecular formula is C16H19BrN2O2S. The third-order valence-electron chi connectivity index (χ3n) is 3.54. The van der Waals surface area contributed by atoms with Gasteiger partial charge in [0.25, 0.3) is 0 Å². The number of aromatic amines is 1. The predicted octanol–water partition coefficient (Wildman–Crippen LogP) is 3.97. The number of carbonyl (C=O) groups is 2. The standard InChI is InChI=1S/C16H19BrN2O2S/c1-9-15(11(3)20)10(2)18-16(9)13(21)8-19(4)7-12-5-6-14(17)22-12/h5-6,18H,7-8H2,1-4H3. The highest BCUT2D eigenvalue weighted by atomic mass is 79.9. The van der Waals surface area contributed by atoms with Gasteiger partial charge in [0.05, 0.1) is 16.0 Å². The Hall–Kier alpha value is -1.24. The Bertz CT molecular complexity index is 718. The third kappa shape index (κ3) is 3.74. The molecule has 0 aromatic carbocycles. The van der Waals surface area contributed by atoms with Crippen LogP contribution in [0.5, 0.6) is 0 Å². The molecule has 0 aliphatic heterocycles. The number of thiophene rings is 1. The quantitative estimate of drug-likeness (QED) is 0.768. The van der Waals surface area contributed by atoms with Crippen molar-refractivity contribution in [1.82, 2.24) is 9.88 Å². The summed E-state index contributed by atoms with van der Waals surface area (Å²) in [7, 11) is 1.92. The summed E-state index contributed by atoms with van der Waals surface area (Å²) in [6, 6.07) is 4.06. The second-order valence-corrected chi connectivity index (χ2v) is 8.03. The van der Waals surface area contributed by atoms with Crippen LogP contribution in [-0.2, 0) is 6.54 Å². The van der Waals surface area contributed by atoms with E-state index in [9.17, 15) is 9.59 Å². The van der Waals surface area contributed by atoms with E-state index in [1.807, 2.05) is 37.9 Å². The Morgan fingerprint density at radius 2 is 2.00 bits per heavy atom. The van der Waals surface area contributed by atoms with E-state index in [2.05, 4.69) is 20.9 Å². The van der Waals surface area contributed by atoms with Crippen LogP contribution in [-0.4, -0.2) is 35.0 Å². The molecule has 4 nitrogen and oxygen atoms in total. The molecule has 118 valence electrons. The number of aryl methyl sites for hydroxylation is 1. The van der Waals surface area contributed by atoms with E-state index in [-0.39, 0.29) is 11.6 Å². The molecule has 0 aliphatic rings. The van der Waals surface area contributed by atoms with Gasteiger partial charge in [-0.05, 0) is 61.4 Å². The van der Waals surface area contributed by atoms with E-state index in [1.165, 1.54) is 11.8 Å². The molecule has 0 saturated heterocycles. The lowest BCUT2D eigenvalue weighted by molar-refractivity contribution is 0.0938. The average molecular weight is 383 g/mol. The van der Waals surface area contributed by atoms with Gasteiger partial charge >= 0.3 is 0 Å².